The zero-order valence-corrected chi connectivity index (χ0v) is 13.2. The monoisotopic (exact) mass is 317 g/mol. The van der Waals surface area contributed by atoms with E-state index in [2.05, 4.69) is 34.2 Å². The van der Waals surface area contributed by atoms with Gasteiger partial charge in [0.25, 0.3) is 0 Å². The molecule has 1 aliphatic rings. The zero-order valence-electron chi connectivity index (χ0n) is 13.2. The van der Waals surface area contributed by atoms with E-state index in [0.29, 0.717) is 19.7 Å². The number of nitrogens with zero attached hydrogens (tertiary/aromatic N) is 1. The average molecular weight is 317 g/mol. The summed E-state index contributed by atoms with van der Waals surface area (Å²) in [5.74, 6) is -1.24. The first kappa shape index (κ1) is 17.2. The van der Waals surface area contributed by atoms with Crippen LogP contribution in [0.2, 0.25) is 0 Å². The van der Waals surface area contributed by atoms with Crippen molar-refractivity contribution in [2.24, 2.45) is 0 Å². The molecule has 2 N–H and O–H groups in total. The molecule has 0 saturated carbocycles. The van der Waals surface area contributed by atoms with E-state index in [1.54, 1.807) is 0 Å². The molecule has 2 rings (SSSR count). The van der Waals surface area contributed by atoms with E-state index in [1.165, 1.54) is 6.08 Å². The van der Waals surface area contributed by atoms with Gasteiger partial charge in [0.2, 0.25) is 0 Å². The Balaban J connectivity index is 1.72. The first-order chi connectivity index (χ1) is 11.2. The molecule has 6 nitrogen and oxygen atoms in total. The Morgan fingerprint density at radius 1 is 1.26 bits per heavy atom. The van der Waals surface area contributed by atoms with Crippen molar-refractivity contribution >= 4 is 11.8 Å². The highest BCUT2D eigenvalue weighted by molar-refractivity contribution is 6.35. The minimum atomic E-state index is -0.631. The van der Waals surface area contributed by atoms with Gasteiger partial charge < -0.3 is 15.4 Å². The van der Waals surface area contributed by atoms with Crippen LogP contribution in [0.1, 0.15) is 11.7 Å². The molecule has 1 unspecified atom stereocenters. The Kier molecular flexibility index (Phi) is 6.77. The summed E-state index contributed by atoms with van der Waals surface area (Å²) in [5.41, 5.74) is 1.16. The highest BCUT2D eigenvalue weighted by atomic mass is 16.5. The third-order valence-electron chi connectivity index (χ3n) is 3.65. The van der Waals surface area contributed by atoms with Gasteiger partial charge in [-0.05, 0) is 5.56 Å². The van der Waals surface area contributed by atoms with Crippen molar-refractivity contribution in [3.63, 3.8) is 0 Å². The van der Waals surface area contributed by atoms with Crippen LogP contribution in [0.3, 0.4) is 0 Å². The molecule has 0 bridgehead atoms. The Morgan fingerprint density at radius 2 is 2.00 bits per heavy atom. The molecule has 0 radical (unpaired) electrons. The Morgan fingerprint density at radius 3 is 2.74 bits per heavy atom. The fourth-order valence-corrected chi connectivity index (χ4v) is 2.43. The second-order valence-electron chi connectivity index (χ2n) is 5.33. The normalized spacial score (nSPS) is 18.2. The van der Waals surface area contributed by atoms with Crippen LogP contribution in [0.15, 0.2) is 43.0 Å². The molecule has 0 spiro atoms. The maximum Gasteiger partial charge on any atom is 0.309 e. The predicted molar refractivity (Wildman–Crippen MR) is 87.8 cm³/mol. The van der Waals surface area contributed by atoms with Gasteiger partial charge in [-0.25, -0.2) is 0 Å². The second-order valence-corrected chi connectivity index (χ2v) is 5.33. The first-order valence-corrected chi connectivity index (χ1v) is 7.76. The fourth-order valence-electron chi connectivity index (χ4n) is 2.43. The van der Waals surface area contributed by atoms with Gasteiger partial charge in [0.1, 0.15) is 0 Å². The van der Waals surface area contributed by atoms with Gasteiger partial charge in [-0.1, -0.05) is 36.4 Å². The van der Waals surface area contributed by atoms with Crippen LogP contribution >= 0.6 is 0 Å². The maximum absolute atomic E-state index is 11.6. The molecule has 1 fully saturated rings. The van der Waals surface area contributed by atoms with Crippen molar-refractivity contribution in [2.45, 2.75) is 6.10 Å². The SMILES string of the molecule is C=CCNC(=O)C(=O)NCCN1CCOC(c2ccccc2)C1. The number of nitrogens with one attached hydrogen (secondary N) is 2. The third-order valence-corrected chi connectivity index (χ3v) is 3.65. The lowest BCUT2D eigenvalue weighted by Crippen LogP contribution is -2.45. The first-order valence-electron chi connectivity index (χ1n) is 7.76. The van der Waals surface area contributed by atoms with Crippen LogP contribution in [-0.2, 0) is 14.3 Å². The number of benzene rings is 1. The van der Waals surface area contributed by atoms with Crippen molar-refractivity contribution in [3.05, 3.63) is 48.6 Å². The van der Waals surface area contributed by atoms with E-state index >= 15 is 0 Å². The lowest BCUT2D eigenvalue weighted by atomic mass is 10.1. The highest BCUT2D eigenvalue weighted by Crippen LogP contribution is 2.21. The van der Waals surface area contributed by atoms with E-state index in [0.717, 1.165) is 18.7 Å². The summed E-state index contributed by atoms with van der Waals surface area (Å²) in [7, 11) is 0. The largest absolute Gasteiger partial charge is 0.371 e. The fraction of sp³-hybridized carbons (Fsp3) is 0.412. The Labute approximate surface area is 136 Å². The maximum atomic E-state index is 11.6. The van der Waals surface area contributed by atoms with E-state index in [9.17, 15) is 9.59 Å². The number of rotatable bonds is 6. The molecule has 1 aromatic carbocycles. The van der Waals surface area contributed by atoms with Crippen LogP contribution in [0, 0.1) is 0 Å². The summed E-state index contributed by atoms with van der Waals surface area (Å²) in [6.07, 6.45) is 1.58. The molecule has 1 heterocycles. The van der Waals surface area contributed by atoms with Crippen molar-refractivity contribution in [2.75, 3.05) is 39.3 Å². The summed E-state index contributed by atoms with van der Waals surface area (Å²) in [5, 5.41) is 5.07. The molecular weight excluding hydrogens is 294 g/mol. The molecule has 1 saturated heterocycles. The van der Waals surface area contributed by atoms with Crippen LogP contribution < -0.4 is 10.6 Å². The quantitative estimate of drug-likeness (QED) is 0.591. The smallest absolute Gasteiger partial charge is 0.309 e. The number of hydrogen-bond donors (Lipinski definition) is 2. The third kappa shape index (κ3) is 5.50. The standard InChI is InChI=1S/C17H23N3O3/c1-2-8-18-16(21)17(22)19-9-10-20-11-12-23-15(13-20)14-6-4-3-5-7-14/h2-7,15H,1,8-13H2,(H,18,21)(H,19,22). The molecule has 0 aromatic heterocycles. The Hall–Kier alpha value is -2.18. The lowest BCUT2D eigenvalue weighted by Gasteiger charge is -2.33. The lowest BCUT2D eigenvalue weighted by molar-refractivity contribution is -0.139. The number of hydrogen-bond acceptors (Lipinski definition) is 4. The van der Waals surface area contributed by atoms with Gasteiger partial charge in [0.05, 0.1) is 12.7 Å². The zero-order chi connectivity index (χ0) is 16.5. The number of amides is 2. The summed E-state index contributed by atoms with van der Waals surface area (Å²) in [6, 6.07) is 10.1. The van der Waals surface area contributed by atoms with Crippen LogP contribution in [0.4, 0.5) is 0 Å². The molecular formula is C17H23N3O3. The number of carbonyl (C=O) groups excluding carboxylic acids is 2. The van der Waals surface area contributed by atoms with Crippen LogP contribution in [0.25, 0.3) is 0 Å². The molecule has 124 valence electrons. The van der Waals surface area contributed by atoms with Gasteiger partial charge in [0, 0.05) is 32.7 Å². The Bertz CT molecular complexity index is 533. The summed E-state index contributed by atoms with van der Waals surface area (Å²) >= 11 is 0. The van der Waals surface area contributed by atoms with Crippen molar-refractivity contribution in [1.82, 2.24) is 15.5 Å². The summed E-state index contributed by atoms with van der Waals surface area (Å²) in [6.45, 7) is 7.15. The van der Waals surface area contributed by atoms with Crippen LogP contribution in [0.5, 0.6) is 0 Å². The van der Waals surface area contributed by atoms with E-state index in [4.69, 9.17) is 4.74 Å². The minimum Gasteiger partial charge on any atom is -0.371 e. The molecule has 2 amide bonds. The number of carbonyl (C=O) groups is 2. The highest BCUT2D eigenvalue weighted by Gasteiger charge is 2.21. The van der Waals surface area contributed by atoms with Gasteiger partial charge in [-0.15, -0.1) is 6.58 Å². The van der Waals surface area contributed by atoms with Crippen LogP contribution in [-0.4, -0.2) is 56.0 Å². The van der Waals surface area contributed by atoms with Gasteiger partial charge in [0.15, 0.2) is 0 Å². The minimum absolute atomic E-state index is 0.0524. The molecule has 1 atom stereocenters. The molecule has 1 aliphatic heterocycles. The van der Waals surface area contributed by atoms with E-state index in [1.807, 2.05) is 18.2 Å². The van der Waals surface area contributed by atoms with Crippen molar-refractivity contribution < 1.29 is 14.3 Å². The predicted octanol–water partition coefficient (Wildman–Crippen LogP) is 0.478. The van der Waals surface area contributed by atoms with Crippen molar-refractivity contribution in [3.8, 4) is 0 Å². The van der Waals surface area contributed by atoms with E-state index < -0.39 is 11.8 Å². The molecule has 1 aromatic rings. The average Bonchev–Trinajstić information content (AvgIpc) is 2.60. The number of ether oxygens (including phenoxy) is 1. The molecule has 23 heavy (non-hydrogen) atoms. The van der Waals surface area contributed by atoms with Gasteiger partial charge in [-0.2, -0.15) is 0 Å². The molecule has 6 heteroatoms. The molecule has 0 aliphatic carbocycles. The number of morpholine rings is 1. The van der Waals surface area contributed by atoms with E-state index in [-0.39, 0.29) is 12.6 Å². The topological polar surface area (TPSA) is 70.7 Å². The summed E-state index contributed by atoms with van der Waals surface area (Å²) < 4.78 is 5.80. The second kappa shape index (κ2) is 9.07. The van der Waals surface area contributed by atoms with Gasteiger partial charge >= 0.3 is 11.8 Å². The van der Waals surface area contributed by atoms with Gasteiger partial charge in [-0.3, -0.25) is 14.5 Å². The van der Waals surface area contributed by atoms with Crippen molar-refractivity contribution in [1.29, 1.82) is 0 Å². The summed E-state index contributed by atoms with van der Waals surface area (Å²) in [4.78, 5) is 25.2.